The van der Waals surface area contributed by atoms with Crippen molar-refractivity contribution < 1.29 is 9.60 Å². The molecule has 1 aliphatic carbocycles. The molecule has 5 nitrogen and oxygen atoms in total. The Hall–Kier alpha value is -2.47. The smallest absolute Gasteiger partial charge is 0.141 e. The van der Waals surface area contributed by atoms with Crippen LogP contribution in [0.2, 0.25) is 5.02 Å². The maximum absolute atomic E-state index is 13.4. The molecular formula is C19H18ClFN4O. The quantitative estimate of drug-likeness (QED) is 0.479. The number of rotatable bonds is 4. The van der Waals surface area contributed by atoms with Crippen molar-refractivity contribution in [2.45, 2.75) is 38.1 Å². The number of oxime groups is 1. The Morgan fingerprint density at radius 2 is 2.19 bits per heavy atom. The molecule has 2 aliphatic rings. The summed E-state index contributed by atoms with van der Waals surface area (Å²) in [5.41, 5.74) is 3.03. The number of benzene rings is 1. The Morgan fingerprint density at radius 3 is 2.88 bits per heavy atom. The van der Waals surface area contributed by atoms with Gasteiger partial charge < -0.3 is 10.5 Å². The second-order valence-corrected chi connectivity index (χ2v) is 7.03. The average molecular weight is 373 g/mol. The fourth-order valence-electron chi connectivity index (χ4n) is 3.24. The van der Waals surface area contributed by atoms with Gasteiger partial charge in [-0.2, -0.15) is 0 Å². The first-order chi connectivity index (χ1) is 12.6. The highest BCUT2D eigenvalue weighted by atomic mass is 35.5. The SMILES string of the molecule is O/N=C(\Cc1ccc(F)c(Cl)c1)c1ccnc2c1CC(=NC1CCC1)N2. The molecule has 0 atom stereocenters. The van der Waals surface area contributed by atoms with E-state index >= 15 is 0 Å². The molecule has 2 N–H and O–H groups in total. The molecular weight excluding hydrogens is 355 g/mol. The summed E-state index contributed by atoms with van der Waals surface area (Å²) in [7, 11) is 0. The van der Waals surface area contributed by atoms with E-state index in [4.69, 9.17) is 16.6 Å². The van der Waals surface area contributed by atoms with Crippen LogP contribution in [-0.4, -0.2) is 27.8 Å². The lowest BCUT2D eigenvalue weighted by molar-refractivity contribution is 0.318. The van der Waals surface area contributed by atoms with E-state index in [2.05, 4.69) is 15.5 Å². The molecule has 0 radical (unpaired) electrons. The molecule has 1 aromatic carbocycles. The molecule has 0 bridgehead atoms. The van der Waals surface area contributed by atoms with E-state index in [1.807, 2.05) is 6.07 Å². The molecule has 4 rings (SSSR count). The van der Waals surface area contributed by atoms with Crippen LogP contribution >= 0.6 is 11.6 Å². The summed E-state index contributed by atoms with van der Waals surface area (Å²) in [5, 5.41) is 16.4. The lowest BCUT2D eigenvalue weighted by Gasteiger charge is -2.21. The van der Waals surface area contributed by atoms with Gasteiger partial charge in [0.1, 0.15) is 17.5 Å². The van der Waals surface area contributed by atoms with Gasteiger partial charge in [-0.1, -0.05) is 22.8 Å². The third-order valence-corrected chi connectivity index (χ3v) is 5.15. The van der Waals surface area contributed by atoms with Crippen molar-refractivity contribution in [3.8, 4) is 0 Å². The van der Waals surface area contributed by atoms with E-state index in [1.165, 1.54) is 12.5 Å². The number of hydrogen-bond acceptors (Lipinski definition) is 4. The molecule has 2 heterocycles. The molecule has 0 unspecified atom stereocenters. The van der Waals surface area contributed by atoms with Crippen molar-refractivity contribution in [2.75, 3.05) is 5.32 Å². The van der Waals surface area contributed by atoms with Crippen molar-refractivity contribution in [3.63, 3.8) is 0 Å². The Morgan fingerprint density at radius 1 is 1.35 bits per heavy atom. The van der Waals surface area contributed by atoms with Gasteiger partial charge >= 0.3 is 0 Å². The highest BCUT2D eigenvalue weighted by Gasteiger charge is 2.25. The summed E-state index contributed by atoms with van der Waals surface area (Å²) >= 11 is 5.85. The fraction of sp³-hybridized carbons (Fsp3) is 0.316. The number of nitrogens with one attached hydrogen (secondary N) is 1. The zero-order valence-corrected chi connectivity index (χ0v) is 14.8. The monoisotopic (exact) mass is 372 g/mol. The average Bonchev–Trinajstić information content (AvgIpc) is 3.02. The standard InChI is InChI=1S/C19H18ClFN4O/c20-15-8-11(4-5-16(15)21)9-17(25-26)13-6-7-22-19-14(13)10-18(24-19)23-12-2-1-3-12/h4-8,12,26H,1-3,9-10H2,(H,22,23,24)/b25-17+. The molecule has 26 heavy (non-hydrogen) atoms. The molecule has 0 spiro atoms. The topological polar surface area (TPSA) is 69.9 Å². The molecule has 1 aliphatic heterocycles. The lowest BCUT2D eigenvalue weighted by atomic mass is 9.94. The first kappa shape index (κ1) is 17.0. The van der Waals surface area contributed by atoms with Crippen LogP contribution in [0.1, 0.15) is 36.0 Å². The van der Waals surface area contributed by atoms with Crippen molar-refractivity contribution in [1.82, 2.24) is 4.98 Å². The molecule has 134 valence electrons. The zero-order chi connectivity index (χ0) is 18.1. The van der Waals surface area contributed by atoms with E-state index in [0.29, 0.717) is 24.6 Å². The van der Waals surface area contributed by atoms with Gasteiger partial charge in [0.2, 0.25) is 0 Å². The van der Waals surface area contributed by atoms with Gasteiger partial charge in [-0.25, -0.2) is 9.37 Å². The summed E-state index contributed by atoms with van der Waals surface area (Å²) in [6, 6.07) is 6.73. The number of pyridine rings is 1. The van der Waals surface area contributed by atoms with Gasteiger partial charge in [-0.15, -0.1) is 0 Å². The minimum atomic E-state index is -0.469. The van der Waals surface area contributed by atoms with Gasteiger partial charge in [0.05, 0.1) is 16.8 Å². The fourth-order valence-corrected chi connectivity index (χ4v) is 3.44. The van der Waals surface area contributed by atoms with Gasteiger partial charge in [-0.05, 0) is 43.0 Å². The molecule has 1 aromatic heterocycles. The van der Waals surface area contributed by atoms with Crippen LogP contribution in [0, 0.1) is 5.82 Å². The molecule has 0 amide bonds. The maximum atomic E-state index is 13.4. The summed E-state index contributed by atoms with van der Waals surface area (Å²) in [6.07, 6.45) is 6.16. The molecule has 2 aromatic rings. The molecule has 7 heteroatoms. The van der Waals surface area contributed by atoms with Gasteiger partial charge in [0.25, 0.3) is 0 Å². The highest BCUT2D eigenvalue weighted by Crippen LogP contribution is 2.29. The van der Waals surface area contributed by atoms with E-state index < -0.39 is 5.82 Å². The predicted molar refractivity (Wildman–Crippen MR) is 100 cm³/mol. The van der Waals surface area contributed by atoms with Gasteiger partial charge in [-0.3, -0.25) is 4.99 Å². The van der Waals surface area contributed by atoms with Crippen LogP contribution in [0.25, 0.3) is 0 Å². The Bertz CT molecular complexity index is 908. The van der Waals surface area contributed by atoms with Crippen molar-refractivity contribution in [1.29, 1.82) is 0 Å². The number of hydrogen-bond donors (Lipinski definition) is 2. The third kappa shape index (κ3) is 3.29. The van der Waals surface area contributed by atoms with Crippen LogP contribution in [0.4, 0.5) is 10.2 Å². The number of amidine groups is 1. The van der Waals surface area contributed by atoms with Crippen LogP contribution in [0.15, 0.2) is 40.6 Å². The number of anilines is 1. The molecule has 1 saturated carbocycles. The van der Waals surface area contributed by atoms with Crippen molar-refractivity contribution >= 4 is 29.0 Å². The van der Waals surface area contributed by atoms with Crippen LogP contribution < -0.4 is 5.32 Å². The Balaban J connectivity index is 1.60. The largest absolute Gasteiger partial charge is 0.411 e. The number of aromatic nitrogens is 1. The predicted octanol–water partition coefficient (Wildman–Crippen LogP) is 4.21. The van der Waals surface area contributed by atoms with E-state index in [-0.39, 0.29) is 5.02 Å². The summed E-state index contributed by atoms with van der Waals surface area (Å²) in [6.45, 7) is 0. The second kappa shape index (κ2) is 7.03. The minimum absolute atomic E-state index is 0.0522. The number of nitrogens with zero attached hydrogens (tertiary/aromatic N) is 3. The van der Waals surface area contributed by atoms with Crippen LogP contribution in [0.3, 0.4) is 0 Å². The molecule has 1 fully saturated rings. The molecule has 0 saturated heterocycles. The lowest BCUT2D eigenvalue weighted by Crippen LogP contribution is -2.19. The summed E-state index contributed by atoms with van der Waals surface area (Å²) in [4.78, 5) is 9.10. The summed E-state index contributed by atoms with van der Waals surface area (Å²) < 4.78 is 13.4. The third-order valence-electron chi connectivity index (χ3n) is 4.86. The van der Waals surface area contributed by atoms with Crippen LogP contribution in [0.5, 0.6) is 0 Å². The van der Waals surface area contributed by atoms with Crippen molar-refractivity contribution in [2.24, 2.45) is 10.1 Å². The van der Waals surface area contributed by atoms with Crippen molar-refractivity contribution in [3.05, 3.63) is 58.0 Å². The first-order valence-corrected chi connectivity index (χ1v) is 8.98. The zero-order valence-electron chi connectivity index (χ0n) is 14.0. The Kier molecular flexibility index (Phi) is 4.59. The first-order valence-electron chi connectivity index (χ1n) is 8.61. The van der Waals surface area contributed by atoms with Crippen LogP contribution in [-0.2, 0) is 12.8 Å². The van der Waals surface area contributed by atoms with Gasteiger partial charge in [0, 0.05) is 30.2 Å². The number of halogens is 2. The van der Waals surface area contributed by atoms with E-state index in [1.54, 1.807) is 18.3 Å². The summed E-state index contributed by atoms with van der Waals surface area (Å²) in [5.74, 6) is 1.19. The minimum Gasteiger partial charge on any atom is -0.411 e. The Labute approximate surface area is 155 Å². The number of fused-ring (bicyclic) bond motifs is 1. The highest BCUT2D eigenvalue weighted by molar-refractivity contribution is 6.30. The number of aliphatic imine (C=N–C) groups is 1. The second-order valence-electron chi connectivity index (χ2n) is 6.62. The normalized spacial score (nSPS) is 18.5. The van der Waals surface area contributed by atoms with E-state index in [0.717, 1.165) is 41.2 Å². The van der Waals surface area contributed by atoms with Gasteiger partial charge in [0.15, 0.2) is 0 Å². The van der Waals surface area contributed by atoms with E-state index in [9.17, 15) is 9.60 Å². The maximum Gasteiger partial charge on any atom is 0.141 e.